The van der Waals surface area contributed by atoms with Crippen molar-refractivity contribution in [2.45, 2.75) is 12.3 Å². The van der Waals surface area contributed by atoms with Gasteiger partial charge in [0.05, 0.1) is 11.4 Å². The third-order valence-electron chi connectivity index (χ3n) is 4.62. The van der Waals surface area contributed by atoms with Gasteiger partial charge in [0.15, 0.2) is 0 Å². The Morgan fingerprint density at radius 2 is 1.96 bits per heavy atom. The summed E-state index contributed by atoms with van der Waals surface area (Å²) >= 11 is 0. The Labute approximate surface area is 153 Å². The quantitative estimate of drug-likeness (QED) is 0.662. The van der Waals surface area contributed by atoms with Crippen LogP contribution in [0.4, 0.5) is 10.1 Å². The number of phenols is 1. The number of halogens is 1. The molecule has 4 rings (SSSR count). The number of rotatable bonds is 3. The lowest BCUT2D eigenvalue weighted by molar-refractivity contribution is -0.116. The molecule has 3 aromatic rings. The summed E-state index contributed by atoms with van der Waals surface area (Å²) in [7, 11) is 0. The normalized spacial score (nSPS) is 15.9. The maximum Gasteiger partial charge on any atom is 0.339 e. The first kappa shape index (κ1) is 16.8. The van der Waals surface area contributed by atoms with Crippen LogP contribution in [0.25, 0.3) is 5.69 Å². The molecule has 6 nitrogen and oxygen atoms in total. The van der Waals surface area contributed by atoms with E-state index in [0.717, 1.165) is 0 Å². The lowest BCUT2D eigenvalue weighted by atomic mass is 9.88. The maximum absolute atomic E-state index is 13.8. The summed E-state index contributed by atoms with van der Waals surface area (Å²) in [6, 6.07) is 12.2. The summed E-state index contributed by atoms with van der Waals surface area (Å²) in [4.78, 5) is 23.9. The Morgan fingerprint density at radius 1 is 1.19 bits per heavy atom. The van der Waals surface area contributed by atoms with Crippen molar-refractivity contribution in [3.8, 4) is 11.4 Å². The van der Waals surface area contributed by atoms with Gasteiger partial charge in [-0.15, -0.1) is 0 Å². The second-order valence-electron chi connectivity index (χ2n) is 6.36. The molecule has 2 heterocycles. The second-order valence-corrected chi connectivity index (χ2v) is 6.36. The summed E-state index contributed by atoms with van der Waals surface area (Å²) in [5.74, 6) is -2.42. The van der Waals surface area contributed by atoms with Gasteiger partial charge < -0.3 is 20.1 Å². The molecule has 1 aliphatic rings. The maximum atomic E-state index is 13.8. The SMILES string of the molecule is O=C1C[C@H](c2cccc(O)c2)c2c(c(C(=O)O)cn2-c2cccc(F)c2)N1. The van der Waals surface area contributed by atoms with Crippen molar-refractivity contribution in [2.75, 3.05) is 5.32 Å². The summed E-state index contributed by atoms with van der Waals surface area (Å²) in [6.07, 6.45) is 1.46. The number of nitrogens with one attached hydrogen (secondary N) is 1. The van der Waals surface area contributed by atoms with Crippen LogP contribution in [0.5, 0.6) is 5.75 Å². The van der Waals surface area contributed by atoms with E-state index in [2.05, 4.69) is 5.32 Å². The monoisotopic (exact) mass is 366 g/mol. The number of benzene rings is 2. The summed E-state index contributed by atoms with van der Waals surface area (Å²) in [5, 5.41) is 22.0. The standard InChI is InChI=1S/C20H15FN2O4/c21-12-4-2-5-13(8-12)23-10-16(20(26)27)18-19(23)15(9-17(25)22-18)11-3-1-6-14(24)7-11/h1-8,10,15,24H,9H2,(H,22,25)(H,26,27)/t15-/m1/s1. The third-order valence-corrected chi connectivity index (χ3v) is 4.62. The molecular weight excluding hydrogens is 351 g/mol. The van der Waals surface area contributed by atoms with Crippen LogP contribution in [0.3, 0.4) is 0 Å². The highest BCUT2D eigenvalue weighted by Gasteiger charge is 2.34. The van der Waals surface area contributed by atoms with Crippen molar-refractivity contribution in [1.29, 1.82) is 0 Å². The molecule has 1 aliphatic heterocycles. The van der Waals surface area contributed by atoms with Crippen LogP contribution in [0, 0.1) is 5.82 Å². The molecular formula is C20H15FN2O4. The smallest absolute Gasteiger partial charge is 0.339 e. The van der Waals surface area contributed by atoms with Crippen molar-refractivity contribution in [3.63, 3.8) is 0 Å². The minimum atomic E-state index is -1.20. The Bertz CT molecular complexity index is 1070. The molecule has 0 saturated carbocycles. The fourth-order valence-corrected chi connectivity index (χ4v) is 3.49. The molecule has 0 saturated heterocycles. The van der Waals surface area contributed by atoms with E-state index in [1.807, 2.05) is 0 Å². The van der Waals surface area contributed by atoms with Crippen LogP contribution in [0.15, 0.2) is 54.7 Å². The zero-order valence-electron chi connectivity index (χ0n) is 14.0. The van der Waals surface area contributed by atoms with Crippen molar-refractivity contribution >= 4 is 17.6 Å². The van der Waals surface area contributed by atoms with E-state index in [9.17, 15) is 24.2 Å². The Hall–Kier alpha value is -3.61. The first-order chi connectivity index (χ1) is 12.9. The fraction of sp³-hybridized carbons (Fsp3) is 0.100. The van der Waals surface area contributed by atoms with E-state index in [0.29, 0.717) is 16.9 Å². The second kappa shape index (κ2) is 6.28. The van der Waals surface area contributed by atoms with E-state index in [1.165, 1.54) is 36.5 Å². The van der Waals surface area contributed by atoms with Gasteiger partial charge in [0, 0.05) is 24.2 Å². The van der Waals surface area contributed by atoms with Gasteiger partial charge in [-0.25, -0.2) is 9.18 Å². The molecule has 0 spiro atoms. The molecule has 0 radical (unpaired) electrons. The summed E-state index contributed by atoms with van der Waals surface area (Å²) in [6.45, 7) is 0. The van der Waals surface area contributed by atoms with Gasteiger partial charge in [-0.1, -0.05) is 18.2 Å². The minimum absolute atomic E-state index is 0.0438. The van der Waals surface area contributed by atoms with Gasteiger partial charge >= 0.3 is 5.97 Å². The minimum Gasteiger partial charge on any atom is -0.508 e. The number of fused-ring (bicyclic) bond motifs is 1. The first-order valence-electron chi connectivity index (χ1n) is 8.27. The Morgan fingerprint density at radius 3 is 2.67 bits per heavy atom. The molecule has 3 N–H and O–H groups in total. The number of nitrogens with zero attached hydrogens (tertiary/aromatic N) is 1. The molecule has 1 amide bonds. The van der Waals surface area contributed by atoms with Crippen LogP contribution in [-0.4, -0.2) is 26.7 Å². The van der Waals surface area contributed by atoms with Gasteiger partial charge in [-0.2, -0.15) is 0 Å². The number of hydrogen-bond donors (Lipinski definition) is 3. The molecule has 0 aliphatic carbocycles. The number of phenolic OH excluding ortho intramolecular Hbond substituents is 1. The van der Waals surface area contributed by atoms with E-state index in [4.69, 9.17) is 0 Å². The molecule has 7 heteroatoms. The number of carboxylic acids is 1. The molecule has 0 fully saturated rings. The number of carbonyl (C=O) groups excluding carboxylic acids is 1. The zero-order valence-corrected chi connectivity index (χ0v) is 14.0. The van der Waals surface area contributed by atoms with Crippen molar-refractivity contribution in [3.05, 3.63) is 77.4 Å². The van der Waals surface area contributed by atoms with Gasteiger partial charge in [0.25, 0.3) is 0 Å². The highest BCUT2D eigenvalue weighted by atomic mass is 19.1. The number of aromatic hydroxyl groups is 1. The average molecular weight is 366 g/mol. The zero-order chi connectivity index (χ0) is 19.1. The molecule has 1 aromatic heterocycles. The van der Waals surface area contributed by atoms with E-state index in [1.54, 1.807) is 22.8 Å². The van der Waals surface area contributed by atoms with Crippen LogP contribution in [0.2, 0.25) is 0 Å². The lowest BCUT2D eigenvalue weighted by Gasteiger charge is -2.26. The number of carbonyl (C=O) groups is 2. The topological polar surface area (TPSA) is 91.6 Å². The van der Waals surface area contributed by atoms with Crippen LogP contribution < -0.4 is 5.32 Å². The van der Waals surface area contributed by atoms with Gasteiger partial charge in [0.2, 0.25) is 5.91 Å². The number of aromatic nitrogens is 1. The predicted molar refractivity (Wildman–Crippen MR) is 95.9 cm³/mol. The van der Waals surface area contributed by atoms with Crippen molar-refractivity contribution in [1.82, 2.24) is 4.57 Å². The molecule has 0 bridgehead atoms. The highest BCUT2D eigenvalue weighted by Crippen LogP contribution is 2.42. The number of hydrogen-bond acceptors (Lipinski definition) is 3. The third kappa shape index (κ3) is 2.93. The van der Waals surface area contributed by atoms with Crippen LogP contribution in [0.1, 0.15) is 34.0 Å². The average Bonchev–Trinajstić information content (AvgIpc) is 3.00. The molecule has 27 heavy (non-hydrogen) atoms. The summed E-state index contributed by atoms with van der Waals surface area (Å²) in [5.41, 5.74) is 1.76. The van der Waals surface area contributed by atoms with Crippen LogP contribution >= 0.6 is 0 Å². The van der Waals surface area contributed by atoms with Gasteiger partial charge in [-0.3, -0.25) is 4.79 Å². The number of anilines is 1. The van der Waals surface area contributed by atoms with Gasteiger partial charge in [-0.05, 0) is 35.9 Å². The largest absolute Gasteiger partial charge is 0.508 e. The first-order valence-corrected chi connectivity index (χ1v) is 8.27. The van der Waals surface area contributed by atoms with E-state index in [-0.39, 0.29) is 29.3 Å². The Kier molecular flexibility index (Phi) is 3.92. The lowest BCUT2D eigenvalue weighted by Crippen LogP contribution is -2.25. The van der Waals surface area contributed by atoms with Crippen molar-refractivity contribution < 1.29 is 24.2 Å². The highest BCUT2D eigenvalue weighted by molar-refractivity contribution is 6.04. The number of aromatic carboxylic acids is 1. The molecule has 1 atom stereocenters. The molecule has 0 unspecified atom stereocenters. The van der Waals surface area contributed by atoms with E-state index >= 15 is 0 Å². The Balaban J connectivity index is 1.99. The fourth-order valence-electron chi connectivity index (χ4n) is 3.49. The van der Waals surface area contributed by atoms with Crippen LogP contribution in [-0.2, 0) is 4.79 Å². The predicted octanol–water partition coefficient (Wildman–Crippen LogP) is 3.49. The molecule has 136 valence electrons. The number of carboxylic acid groups (broad SMARTS) is 1. The number of amides is 1. The summed E-state index contributed by atoms with van der Waals surface area (Å²) < 4.78 is 15.3. The van der Waals surface area contributed by atoms with Crippen molar-refractivity contribution in [2.24, 2.45) is 0 Å². The molecule has 2 aromatic carbocycles. The van der Waals surface area contributed by atoms with Gasteiger partial charge in [0.1, 0.15) is 17.1 Å². The van der Waals surface area contributed by atoms with E-state index < -0.39 is 17.7 Å².